The van der Waals surface area contributed by atoms with Crippen molar-refractivity contribution >= 4 is 5.97 Å². The van der Waals surface area contributed by atoms with Crippen molar-refractivity contribution in [2.24, 2.45) is 5.92 Å². The zero-order valence-electron chi connectivity index (χ0n) is 12.3. The molecule has 0 aromatic heterocycles. The summed E-state index contributed by atoms with van der Waals surface area (Å²) in [7, 11) is 1.38. The van der Waals surface area contributed by atoms with Gasteiger partial charge in [-0.3, -0.25) is 4.79 Å². The van der Waals surface area contributed by atoms with Gasteiger partial charge in [0, 0.05) is 30.3 Å². The molecule has 1 fully saturated rings. The predicted octanol–water partition coefficient (Wildman–Crippen LogP) is 3.45. The van der Waals surface area contributed by atoms with Gasteiger partial charge in [0.2, 0.25) is 0 Å². The van der Waals surface area contributed by atoms with E-state index in [9.17, 15) is 9.18 Å². The van der Waals surface area contributed by atoms with Gasteiger partial charge in [0.25, 0.3) is 0 Å². The average molecular weight is 269 g/mol. The first-order valence-corrected chi connectivity index (χ1v) is 6.49. The van der Waals surface area contributed by atoms with Crippen LogP contribution in [-0.4, -0.2) is 31.1 Å². The number of halogens is 1. The lowest BCUT2D eigenvalue weighted by Gasteiger charge is -2.42. The van der Waals surface area contributed by atoms with E-state index in [1.54, 1.807) is 6.92 Å². The van der Waals surface area contributed by atoms with E-state index >= 15 is 0 Å². The van der Waals surface area contributed by atoms with Crippen LogP contribution in [0, 0.1) is 5.92 Å². The topological polar surface area (TPSA) is 29.5 Å². The molecule has 0 unspecified atom stereocenters. The SMILES string of the molecule is C=C/C(F)=C(/C)C(=C)N1CC(CC(=O)OC)C1.CC. The summed E-state index contributed by atoms with van der Waals surface area (Å²) in [4.78, 5) is 13.0. The zero-order valence-corrected chi connectivity index (χ0v) is 12.3. The fraction of sp³-hybridized carbons (Fsp3) is 0.533. The van der Waals surface area contributed by atoms with Crippen LogP contribution in [0.5, 0.6) is 0 Å². The van der Waals surface area contributed by atoms with E-state index in [0.717, 1.165) is 13.1 Å². The van der Waals surface area contributed by atoms with Crippen molar-refractivity contribution in [1.82, 2.24) is 4.90 Å². The molecular weight excluding hydrogens is 245 g/mol. The lowest BCUT2D eigenvalue weighted by Crippen LogP contribution is -2.46. The summed E-state index contributed by atoms with van der Waals surface area (Å²) in [6.07, 6.45) is 1.58. The Morgan fingerprint density at radius 2 is 2.00 bits per heavy atom. The number of esters is 1. The maximum absolute atomic E-state index is 13.3. The van der Waals surface area contributed by atoms with Gasteiger partial charge in [-0.1, -0.05) is 27.0 Å². The predicted molar refractivity (Wildman–Crippen MR) is 76.2 cm³/mol. The molecule has 4 heteroatoms. The number of ether oxygens (including phenoxy) is 1. The van der Waals surface area contributed by atoms with Gasteiger partial charge in [-0.05, 0) is 13.0 Å². The number of nitrogens with zero attached hydrogens (tertiary/aromatic N) is 1. The molecule has 0 N–H and O–H groups in total. The van der Waals surface area contributed by atoms with Gasteiger partial charge < -0.3 is 9.64 Å². The molecule has 0 spiro atoms. The van der Waals surface area contributed by atoms with Gasteiger partial charge in [0.05, 0.1) is 13.5 Å². The van der Waals surface area contributed by atoms with Crippen molar-refractivity contribution in [3.05, 3.63) is 36.3 Å². The Bertz CT molecular complexity index is 368. The Kier molecular flexibility index (Phi) is 7.80. The van der Waals surface area contributed by atoms with Crippen molar-refractivity contribution in [3.8, 4) is 0 Å². The molecule has 0 bridgehead atoms. The lowest BCUT2D eigenvalue weighted by atomic mass is 9.94. The molecule has 108 valence electrons. The first kappa shape index (κ1) is 17.4. The molecule has 0 aromatic carbocycles. The molecule has 0 saturated carbocycles. The smallest absolute Gasteiger partial charge is 0.305 e. The molecule has 1 rings (SSSR count). The Balaban J connectivity index is 0.00000154. The van der Waals surface area contributed by atoms with Crippen LogP contribution in [0.1, 0.15) is 27.2 Å². The molecule has 0 radical (unpaired) electrons. The van der Waals surface area contributed by atoms with Crippen molar-refractivity contribution in [1.29, 1.82) is 0 Å². The number of rotatable bonds is 5. The second-order valence-electron chi connectivity index (χ2n) is 4.18. The van der Waals surface area contributed by atoms with Crippen molar-refractivity contribution < 1.29 is 13.9 Å². The van der Waals surface area contributed by atoms with Crippen LogP contribution in [0.2, 0.25) is 0 Å². The maximum atomic E-state index is 13.3. The summed E-state index contributed by atoms with van der Waals surface area (Å²) in [6.45, 7) is 14.3. The lowest BCUT2D eigenvalue weighted by molar-refractivity contribution is -0.142. The van der Waals surface area contributed by atoms with E-state index in [0.29, 0.717) is 17.7 Å². The minimum absolute atomic E-state index is 0.204. The van der Waals surface area contributed by atoms with E-state index in [4.69, 9.17) is 0 Å². The standard InChI is InChI=1S/C13H18FNO2.C2H6/c1-5-12(14)9(2)10(3)15-7-11(8-15)6-13(16)17-4;1-2/h5,11H,1,3,6-8H2,2,4H3;1-2H3/b12-9+;. The third-order valence-corrected chi connectivity index (χ3v) is 2.99. The number of allylic oxidation sites excluding steroid dienone is 3. The summed E-state index contributed by atoms with van der Waals surface area (Å²) in [5.74, 6) is -0.282. The van der Waals surface area contributed by atoms with Crippen molar-refractivity contribution in [2.45, 2.75) is 27.2 Å². The van der Waals surface area contributed by atoms with E-state index in [2.05, 4.69) is 17.9 Å². The second kappa shape index (κ2) is 8.51. The highest BCUT2D eigenvalue weighted by molar-refractivity contribution is 5.69. The second-order valence-corrected chi connectivity index (χ2v) is 4.18. The fourth-order valence-corrected chi connectivity index (χ4v) is 1.77. The summed E-state index contributed by atoms with van der Waals surface area (Å²) < 4.78 is 17.9. The third kappa shape index (κ3) is 4.89. The number of carbonyl (C=O) groups is 1. The number of hydrogen-bond donors (Lipinski definition) is 0. The molecule has 0 aliphatic carbocycles. The van der Waals surface area contributed by atoms with Crippen molar-refractivity contribution in [3.63, 3.8) is 0 Å². The third-order valence-electron chi connectivity index (χ3n) is 2.99. The molecular formula is C15H24FNO2. The van der Waals surface area contributed by atoms with Gasteiger partial charge in [0.1, 0.15) is 5.83 Å². The Hall–Kier alpha value is -1.58. The summed E-state index contributed by atoms with van der Waals surface area (Å²) in [6, 6.07) is 0. The van der Waals surface area contributed by atoms with Gasteiger partial charge >= 0.3 is 5.97 Å². The van der Waals surface area contributed by atoms with Crippen LogP contribution in [0.25, 0.3) is 0 Å². The number of likely N-dealkylation sites (tertiary alicyclic amines) is 1. The first-order chi connectivity index (χ1) is 8.99. The fourth-order valence-electron chi connectivity index (χ4n) is 1.77. The largest absolute Gasteiger partial charge is 0.469 e. The molecule has 1 heterocycles. The van der Waals surface area contributed by atoms with Gasteiger partial charge in [-0.2, -0.15) is 0 Å². The average Bonchev–Trinajstić information content (AvgIpc) is 2.41. The van der Waals surface area contributed by atoms with E-state index in [-0.39, 0.29) is 17.7 Å². The minimum Gasteiger partial charge on any atom is -0.469 e. The van der Waals surface area contributed by atoms with Crippen LogP contribution in [-0.2, 0) is 9.53 Å². The van der Waals surface area contributed by atoms with Crippen LogP contribution in [0.3, 0.4) is 0 Å². The van der Waals surface area contributed by atoms with Crippen LogP contribution in [0.15, 0.2) is 36.3 Å². The molecule has 0 atom stereocenters. The zero-order chi connectivity index (χ0) is 15.0. The van der Waals surface area contributed by atoms with E-state index in [1.165, 1.54) is 13.2 Å². The molecule has 1 aliphatic rings. The molecule has 1 aliphatic heterocycles. The Morgan fingerprint density at radius 3 is 2.42 bits per heavy atom. The first-order valence-electron chi connectivity index (χ1n) is 6.49. The highest BCUT2D eigenvalue weighted by atomic mass is 19.1. The van der Waals surface area contributed by atoms with E-state index in [1.807, 2.05) is 18.7 Å². The molecule has 0 aromatic rings. The molecule has 1 saturated heterocycles. The molecule has 0 amide bonds. The Morgan fingerprint density at radius 1 is 1.47 bits per heavy atom. The van der Waals surface area contributed by atoms with E-state index < -0.39 is 0 Å². The summed E-state index contributed by atoms with van der Waals surface area (Å²) >= 11 is 0. The Labute approximate surface area is 115 Å². The number of hydrogen-bond acceptors (Lipinski definition) is 3. The summed E-state index contributed by atoms with van der Waals surface area (Å²) in [5, 5.41) is 0. The highest BCUT2D eigenvalue weighted by Gasteiger charge is 2.30. The molecule has 3 nitrogen and oxygen atoms in total. The van der Waals surface area contributed by atoms with Crippen molar-refractivity contribution in [2.75, 3.05) is 20.2 Å². The molecule has 19 heavy (non-hydrogen) atoms. The normalized spacial score (nSPS) is 15.5. The van der Waals surface area contributed by atoms with Gasteiger partial charge in [-0.15, -0.1) is 0 Å². The van der Waals surface area contributed by atoms with Crippen LogP contribution in [0.4, 0.5) is 4.39 Å². The van der Waals surface area contributed by atoms with Crippen LogP contribution < -0.4 is 0 Å². The highest BCUT2D eigenvalue weighted by Crippen LogP contribution is 2.28. The monoisotopic (exact) mass is 269 g/mol. The summed E-state index contributed by atoms with van der Waals surface area (Å²) in [5.41, 5.74) is 1.15. The van der Waals surface area contributed by atoms with Crippen LogP contribution >= 0.6 is 0 Å². The quantitative estimate of drug-likeness (QED) is 0.565. The minimum atomic E-state index is -0.355. The van der Waals surface area contributed by atoms with Gasteiger partial charge in [0.15, 0.2) is 0 Å². The number of carbonyl (C=O) groups excluding carboxylic acids is 1. The number of methoxy groups -OCH3 is 1. The van der Waals surface area contributed by atoms with Gasteiger partial charge in [-0.25, -0.2) is 4.39 Å². The maximum Gasteiger partial charge on any atom is 0.305 e.